The Hall–Kier alpha value is -1.18. The van der Waals surface area contributed by atoms with Crippen LogP contribution in [0.15, 0.2) is 0 Å². The fourth-order valence-corrected chi connectivity index (χ4v) is 2.49. The number of amides is 1. The molecule has 1 amide bonds. The van der Waals surface area contributed by atoms with E-state index in [4.69, 9.17) is 15.6 Å². The van der Waals surface area contributed by atoms with Crippen LogP contribution in [0, 0.1) is 0 Å². The second-order valence-corrected chi connectivity index (χ2v) is 5.88. The Bertz CT molecular complexity index is 365. The average molecular weight is 315 g/mol. The van der Waals surface area contributed by atoms with Crippen LogP contribution >= 0.6 is 0 Å². The van der Waals surface area contributed by atoms with E-state index in [0.29, 0.717) is 24.8 Å². The van der Waals surface area contributed by atoms with Gasteiger partial charge in [-0.1, -0.05) is 12.8 Å². The van der Waals surface area contributed by atoms with E-state index in [1.807, 2.05) is 7.05 Å². The SMILES string of the molecule is CN[C@@H](CCCCCNC(=O)CC[C@H](N)C(=O)O)C1O[C@H]1C. The number of likely N-dealkylation sites (N-methyl/N-ethyl adjacent to an activating group) is 1. The Morgan fingerprint density at radius 2 is 1.95 bits per heavy atom. The van der Waals surface area contributed by atoms with E-state index in [-0.39, 0.29) is 18.7 Å². The summed E-state index contributed by atoms with van der Waals surface area (Å²) in [5.41, 5.74) is 5.34. The lowest BCUT2D eigenvalue weighted by Gasteiger charge is -2.13. The first-order chi connectivity index (χ1) is 10.5. The molecule has 1 unspecified atom stereocenters. The molecule has 0 aromatic carbocycles. The van der Waals surface area contributed by atoms with Crippen LogP contribution in [0.4, 0.5) is 0 Å². The summed E-state index contributed by atoms with van der Waals surface area (Å²) in [4.78, 5) is 22.0. The second-order valence-electron chi connectivity index (χ2n) is 5.88. The van der Waals surface area contributed by atoms with Crippen LogP contribution in [-0.2, 0) is 14.3 Å². The highest BCUT2D eigenvalue weighted by atomic mass is 16.6. The molecule has 0 aromatic rings. The van der Waals surface area contributed by atoms with Gasteiger partial charge in [-0.15, -0.1) is 0 Å². The molecule has 1 aliphatic heterocycles. The normalized spacial score (nSPS) is 22.9. The van der Waals surface area contributed by atoms with Gasteiger partial charge in [0.1, 0.15) is 6.04 Å². The van der Waals surface area contributed by atoms with Crippen molar-refractivity contribution in [3.8, 4) is 0 Å². The van der Waals surface area contributed by atoms with Crippen LogP contribution in [0.25, 0.3) is 0 Å². The minimum atomic E-state index is -1.07. The number of carboxylic acids is 1. The molecule has 0 bridgehead atoms. The van der Waals surface area contributed by atoms with Crippen LogP contribution in [-0.4, -0.2) is 54.9 Å². The van der Waals surface area contributed by atoms with Crippen LogP contribution in [0.2, 0.25) is 0 Å². The largest absolute Gasteiger partial charge is 0.480 e. The summed E-state index contributed by atoms with van der Waals surface area (Å²) < 4.78 is 5.47. The maximum Gasteiger partial charge on any atom is 0.320 e. The number of ether oxygens (including phenoxy) is 1. The summed E-state index contributed by atoms with van der Waals surface area (Å²) in [7, 11) is 1.96. The van der Waals surface area contributed by atoms with Crippen molar-refractivity contribution in [3.63, 3.8) is 0 Å². The van der Waals surface area contributed by atoms with Crippen molar-refractivity contribution in [2.45, 2.75) is 69.7 Å². The fourth-order valence-electron chi connectivity index (χ4n) is 2.49. The number of nitrogens with two attached hydrogens (primary N) is 1. The van der Waals surface area contributed by atoms with Crippen molar-refractivity contribution in [3.05, 3.63) is 0 Å². The van der Waals surface area contributed by atoms with E-state index in [1.165, 1.54) is 0 Å². The van der Waals surface area contributed by atoms with Crippen molar-refractivity contribution in [1.82, 2.24) is 10.6 Å². The number of unbranched alkanes of at least 4 members (excludes halogenated alkanes) is 2. The summed E-state index contributed by atoms with van der Waals surface area (Å²) in [6.45, 7) is 2.71. The molecular weight excluding hydrogens is 286 g/mol. The van der Waals surface area contributed by atoms with Crippen LogP contribution in [0.5, 0.6) is 0 Å². The standard InChI is InChI=1S/C15H29N3O4/c1-10-14(22-10)12(17-2)6-4-3-5-9-18-13(19)8-7-11(16)15(20)21/h10-12,14,17H,3-9,16H2,1-2H3,(H,18,19)(H,20,21)/t10-,11-,12-,14?/m0/s1. The molecule has 0 spiro atoms. The third-order valence-corrected chi connectivity index (χ3v) is 4.04. The molecule has 7 heteroatoms. The van der Waals surface area contributed by atoms with Gasteiger partial charge in [0.15, 0.2) is 0 Å². The van der Waals surface area contributed by atoms with Crippen LogP contribution < -0.4 is 16.4 Å². The van der Waals surface area contributed by atoms with E-state index >= 15 is 0 Å². The lowest BCUT2D eigenvalue weighted by atomic mass is 10.0. The molecule has 22 heavy (non-hydrogen) atoms. The van der Waals surface area contributed by atoms with Gasteiger partial charge in [-0.3, -0.25) is 9.59 Å². The zero-order valence-electron chi connectivity index (χ0n) is 13.5. The summed E-state index contributed by atoms with van der Waals surface area (Å²) in [6.07, 6.45) is 5.20. The fraction of sp³-hybridized carbons (Fsp3) is 0.867. The highest BCUT2D eigenvalue weighted by molar-refractivity contribution is 5.78. The van der Waals surface area contributed by atoms with E-state index in [0.717, 1.165) is 25.7 Å². The number of carboxylic acid groups (broad SMARTS) is 1. The molecule has 128 valence electrons. The van der Waals surface area contributed by atoms with Gasteiger partial charge in [0.05, 0.1) is 12.2 Å². The quantitative estimate of drug-likeness (QED) is 0.302. The first kappa shape index (κ1) is 18.9. The molecule has 1 rings (SSSR count). The Morgan fingerprint density at radius 3 is 2.50 bits per heavy atom. The molecule has 1 fully saturated rings. The van der Waals surface area contributed by atoms with Gasteiger partial charge in [0, 0.05) is 19.0 Å². The number of rotatable bonds is 12. The van der Waals surface area contributed by atoms with E-state index in [2.05, 4.69) is 17.6 Å². The van der Waals surface area contributed by atoms with Crippen molar-refractivity contribution in [2.75, 3.05) is 13.6 Å². The Labute approximate surface area is 132 Å². The minimum absolute atomic E-state index is 0.134. The number of epoxide rings is 1. The number of hydrogen-bond acceptors (Lipinski definition) is 5. The molecule has 0 radical (unpaired) electrons. The van der Waals surface area contributed by atoms with Crippen molar-refractivity contribution in [1.29, 1.82) is 0 Å². The van der Waals surface area contributed by atoms with E-state index in [1.54, 1.807) is 0 Å². The topological polar surface area (TPSA) is 117 Å². The Morgan fingerprint density at radius 1 is 1.27 bits per heavy atom. The number of nitrogens with one attached hydrogen (secondary N) is 2. The highest BCUT2D eigenvalue weighted by Gasteiger charge is 2.39. The maximum absolute atomic E-state index is 11.5. The number of carbonyl (C=O) groups is 2. The molecule has 5 N–H and O–H groups in total. The van der Waals surface area contributed by atoms with Gasteiger partial charge >= 0.3 is 5.97 Å². The van der Waals surface area contributed by atoms with Gasteiger partial charge in [-0.2, -0.15) is 0 Å². The van der Waals surface area contributed by atoms with Gasteiger partial charge in [-0.05, 0) is 33.2 Å². The first-order valence-corrected chi connectivity index (χ1v) is 8.03. The van der Waals surface area contributed by atoms with Crippen LogP contribution in [0.3, 0.4) is 0 Å². The van der Waals surface area contributed by atoms with E-state index < -0.39 is 12.0 Å². The minimum Gasteiger partial charge on any atom is -0.480 e. The third kappa shape index (κ3) is 7.20. The summed E-state index contributed by atoms with van der Waals surface area (Å²) >= 11 is 0. The summed E-state index contributed by atoms with van der Waals surface area (Å²) in [5.74, 6) is -1.20. The van der Waals surface area contributed by atoms with Gasteiger partial charge < -0.3 is 26.2 Å². The highest BCUT2D eigenvalue weighted by Crippen LogP contribution is 2.27. The predicted molar refractivity (Wildman–Crippen MR) is 83.5 cm³/mol. The molecule has 0 aromatic heterocycles. The van der Waals surface area contributed by atoms with Crippen molar-refractivity contribution < 1.29 is 19.4 Å². The molecule has 4 atom stereocenters. The first-order valence-electron chi connectivity index (χ1n) is 8.03. The molecule has 0 saturated carbocycles. The molecule has 1 aliphatic rings. The third-order valence-electron chi connectivity index (χ3n) is 4.04. The molecule has 7 nitrogen and oxygen atoms in total. The predicted octanol–water partition coefficient (Wildman–Crippen LogP) is 0.230. The lowest BCUT2D eigenvalue weighted by Crippen LogP contribution is -2.33. The maximum atomic E-state index is 11.5. The van der Waals surface area contributed by atoms with Crippen molar-refractivity contribution in [2.24, 2.45) is 5.73 Å². The molecule has 0 aliphatic carbocycles. The molecular formula is C15H29N3O4. The number of carbonyl (C=O) groups excluding carboxylic acids is 1. The summed E-state index contributed by atoms with van der Waals surface area (Å²) in [6, 6.07) is -0.543. The smallest absolute Gasteiger partial charge is 0.320 e. The monoisotopic (exact) mass is 315 g/mol. The number of hydrogen-bond donors (Lipinski definition) is 4. The molecule has 1 saturated heterocycles. The van der Waals surface area contributed by atoms with Gasteiger partial charge in [-0.25, -0.2) is 0 Å². The summed E-state index contributed by atoms with van der Waals surface area (Å²) in [5, 5.41) is 14.7. The van der Waals surface area contributed by atoms with Gasteiger partial charge in [0.2, 0.25) is 5.91 Å². The van der Waals surface area contributed by atoms with Gasteiger partial charge in [0.25, 0.3) is 0 Å². The molecule has 1 heterocycles. The Balaban J connectivity index is 1.96. The number of aliphatic carboxylic acids is 1. The second kappa shape index (κ2) is 9.76. The van der Waals surface area contributed by atoms with Crippen molar-refractivity contribution >= 4 is 11.9 Å². The zero-order valence-corrected chi connectivity index (χ0v) is 13.5. The van der Waals surface area contributed by atoms with Crippen LogP contribution in [0.1, 0.15) is 45.4 Å². The lowest BCUT2D eigenvalue weighted by molar-refractivity contribution is -0.138. The Kier molecular flexibility index (Phi) is 8.37. The zero-order chi connectivity index (χ0) is 16.5. The van der Waals surface area contributed by atoms with E-state index in [9.17, 15) is 9.59 Å². The average Bonchev–Trinajstić information content (AvgIpc) is 3.20.